The van der Waals surface area contributed by atoms with Crippen molar-refractivity contribution in [1.82, 2.24) is 10.6 Å². The van der Waals surface area contributed by atoms with Crippen LogP contribution in [0.3, 0.4) is 0 Å². The van der Waals surface area contributed by atoms with Crippen LogP contribution in [0.5, 0.6) is 0 Å². The molecule has 164 valence electrons. The molecule has 0 aromatic heterocycles. The fourth-order valence-electron chi connectivity index (χ4n) is 3.03. The maximum absolute atomic E-state index is 11.5. The fraction of sp³-hybridized carbons (Fsp3) is 0.818. The van der Waals surface area contributed by atoms with Gasteiger partial charge in [0.1, 0.15) is 0 Å². The first kappa shape index (κ1) is 26.3. The van der Waals surface area contributed by atoms with Crippen molar-refractivity contribution in [2.24, 2.45) is 0 Å². The minimum absolute atomic E-state index is 0.166. The first-order valence-electron chi connectivity index (χ1n) is 10.9. The average molecular weight is 399 g/mol. The van der Waals surface area contributed by atoms with Crippen molar-refractivity contribution in [2.75, 3.05) is 20.8 Å². The summed E-state index contributed by atoms with van der Waals surface area (Å²) in [7, 11) is 2.79. The van der Waals surface area contributed by atoms with E-state index in [1.54, 1.807) is 0 Å². The molecule has 2 N–H and O–H groups in total. The summed E-state index contributed by atoms with van der Waals surface area (Å²) in [4.78, 5) is 22.4. The molecule has 1 atom stereocenters. The van der Waals surface area contributed by atoms with E-state index in [9.17, 15) is 9.59 Å². The van der Waals surface area contributed by atoms with Gasteiger partial charge in [-0.1, -0.05) is 70.4 Å². The van der Waals surface area contributed by atoms with Crippen LogP contribution in [0.15, 0.2) is 12.2 Å². The highest BCUT2D eigenvalue weighted by atomic mass is 16.5. The highest BCUT2D eigenvalue weighted by Crippen LogP contribution is 2.11. The lowest BCUT2D eigenvalue weighted by Crippen LogP contribution is -2.34. The summed E-state index contributed by atoms with van der Waals surface area (Å²) < 4.78 is 9.26. The molecule has 0 saturated carbocycles. The second kappa shape index (κ2) is 20.0. The Balaban J connectivity index is 3.70. The predicted molar refractivity (Wildman–Crippen MR) is 115 cm³/mol. The molecule has 28 heavy (non-hydrogen) atoms. The Morgan fingerprint density at radius 1 is 0.821 bits per heavy atom. The Labute approximate surface area is 171 Å². The Morgan fingerprint density at radius 2 is 1.46 bits per heavy atom. The van der Waals surface area contributed by atoms with Crippen LogP contribution in [-0.2, 0) is 9.47 Å². The van der Waals surface area contributed by atoms with Crippen LogP contribution in [-0.4, -0.2) is 39.0 Å². The maximum atomic E-state index is 11.5. The van der Waals surface area contributed by atoms with Gasteiger partial charge in [0.05, 0.1) is 14.2 Å². The third kappa shape index (κ3) is 17.7. The third-order valence-corrected chi connectivity index (χ3v) is 4.75. The molecule has 0 aliphatic carbocycles. The van der Waals surface area contributed by atoms with E-state index in [1.165, 1.54) is 59.2 Å². The number of rotatable bonds is 17. The van der Waals surface area contributed by atoms with Crippen LogP contribution >= 0.6 is 0 Å². The van der Waals surface area contributed by atoms with Crippen LogP contribution in [0.25, 0.3) is 0 Å². The molecule has 0 aliphatic heterocycles. The number of alkyl carbamates (subject to hydrolysis) is 2. The van der Waals surface area contributed by atoms with E-state index in [0.29, 0.717) is 6.54 Å². The molecule has 0 aliphatic rings. The largest absolute Gasteiger partial charge is 0.453 e. The van der Waals surface area contributed by atoms with Gasteiger partial charge in [-0.2, -0.15) is 0 Å². The summed E-state index contributed by atoms with van der Waals surface area (Å²) in [6, 6.07) is 0.166. The maximum Gasteiger partial charge on any atom is 0.407 e. The molecule has 2 amide bonds. The number of unbranched alkanes of at least 4 members (excludes halogenated alkanes) is 9. The van der Waals surface area contributed by atoms with E-state index in [-0.39, 0.29) is 18.2 Å². The molecule has 6 heteroatoms. The number of amides is 2. The summed E-state index contributed by atoms with van der Waals surface area (Å²) >= 11 is 0. The topological polar surface area (TPSA) is 76.7 Å². The first-order chi connectivity index (χ1) is 13.6. The molecular formula is C22H42N2O4. The average Bonchev–Trinajstić information content (AvgIpc) is 2.71. The van der Waals surface area contributed by atoms with Gasteiger partial charge in [-0.15, -0.1) is 0 Å². The zero-order chi connectivity index (χ0) is 20.9. The monoisotopic (exact) mass is 398 g/mol. The van der Waals surface area contributed by atoms with E-state index >= 15 is 0 Å². The van der Waals surface area contributed by atoms with E-state index in [4.69, 9.17) is 4.74 Å². The molecule has 6 nitrogen and oxygen atoms in total. The van der Waals surface area contributed by atoms with E-state index < -0.39 is 0 Å². The summed E-state index contributed by atoms with van der Waals surface area (Å²) in [5, 5.41) is 5.64. The van der Waals surface area contributed by atoms with Crippen molar-refractivity contribution in [1.29, 1.82) is 0 Å². The molecule has 0 spiro atoms. The van der Waals surface area contributed by atoms with Crippen molar-refractivity contribution in [2.45, 2.75) is 96.4 Å². The minimum Gasteiger partial charge on any atom is -0.453 e. The zero-order valence-electron chi connectivity index (χ0n) is 18.3. The van der Waals surface area contributed by atoms with Gasteiger partial charge in [-0.05, 0) is 32.1 Å². The smallest absolute Gasteiger partial charge is 0.407 e. The summed E-state index contributed by atoms with van der Waals surface area (Å²) in [6.07, 6.45) is 18.5. The number of carbonyl (C=O) groups excluding carboxylic acids is 2. The number of carbonyl (C=O) groups is 2. The highest BCUT2D eigenvalue weighted by Gasteiger charge is 2.10. The van der Waals surface area contributed by atoms with Crippen LogP contribution < -0.4 is 10.6 Å². The van der Waals surface area contributed by atoms with Crippen molar-refractivity contribution in [3.63, 3.8) is 0 Å². The van der Waals surface area contributed by atoms with Gasteiger partial charge in [-0.25, -0.2) is 9.59 Å². The molecule has 0 saturated heterocycles. The van der Waals surface area contributed by atoms with Gasteiger partial charge in [0, 0.05) is 12.6 Å². The van der Waals surface area contributed by atoms with Gasteiger partial charge < -0.3 is 20.1 Å². The number of allylic oxidation sites excluding steroid dienone is 1. The highest BCUT2D eigenvalue weighted by molar-refractivity contribution is 5.67. The Kier molecular flexibility index (Phi) is 18.8. The molecule has 0 fully saturated rings. The van der Waals surface area contributed by atoms with Crippen LogP contribution in [0.1, 0.15) is 90.4 Å². The summed E-state index contributed by atoms with van der Waals surface area (Å²) in [5.41, 5.74) is 0. The summed E-state index contributed by atoms with van der Waals surface area (Å²) in [5.74, 6) is 0. The zero-order valence-corrected chi connectivity index (χ0v) is 18.3. The van der Waals surface area contributed by atoms with Crippen molar-refractivity contribution >= 4 is 12.2 Å². The van der Waals surface area contributed by atoms with Crippen molar-refractivity contribution in [3.8, 4) is 0 Å². The van der Waals surface area contributed by atoms with Crippen molar-refractivity contribution < 1.29 is 19.1 Å². The Morgan fingerprint density at radius 3 is 2.14 bits per heavy atom. The Bertz CT molecular complexity index is 413. The number of hydrogen-bond donors (Lipinski definition) is 2. The normalized spacial score (nSPS) is 12.0. The SMILES string of the molecule is CCCCCCC(C/C=C\CCCCCCCCNC(=O)OC)NC(=O)OC. The van der Waals surface area contributed by atoms with Gasteiger partial charge in [0.15, 0.2) is 0 Å². The van der Waals surface area contributed by atoms with E-state index in [0.717, 1.165) is 38.5 Å². The molecule has 0 rings (SSSR count). The number of nitrogens with one attached hydrogen (secondary N) is 2. The molecule has 0 aromatic rings. The van der Waals surface area contributed by atoms with E-state index in [2.05, 4.69) is 34.4 Å². The Hall–Kier alpha value is -1.72. The van der Waals surface area contributed by atoms with Crippen molar-refractivity contribution in [3.05, 3.63) is 12.2 Å². The molecule has 0 aromatic carbocycles. The molecule has 1 unspecified atom stereocenters. The van der Waals surface area contributed by atoms with Gasteiger partial charge in [-0.3, -0.25) is 0 Å². The number of hydrogen-bond acceptors (Lipinski definition) is 4. The fourth-order valence-corrected chi connectivity index (χ4v) is 3.03. The first-order valence-corrected chi connectivity index (χ1v) is 10.9. The van der Waals surface area contributed by atoms with Crippen LogP contribution in [0.2, 0.25) is 0 Å². The van der Waals surface area contributed by atoms with Crippen LogP contribution in [0.4, 0.5) is 9.59 Å². The molecule has 0 bridgehead atoms. The molecular weight excluding hydrogens is 356 g/mol. The van der Waals surface area contributed by atoms with Crippen LogP contribution in [0, 0.1) is 0 Å². The summed E-state index contributed by atoms with van der Waals surface area (Å²) in [6.45, 7) is 2.89. The van der Waals surface area contributed by atoms with Gasteiger partial charge in [0.2, 0.25) is 0 Å². The second-order valence-electron chi connectivity index (χ2n) is 7.22. The number of methoxy groups -OCH3 is 2. The molecule has 0 radical (unpaired) electrons. The lowest BCUT2D eigenvalue weighted by molar-refractivity contribution is 0.165. The lowest BCUT2D eigenvalue weighted by Gasteiger charge is -2.16. The van der Waals surface area contributed by atoms with Gasteiger partial charge in [0.25, 0.3) is 0 Å². The lowest BCUT2D eigenvalue weighted by atomic mass is 10.0. The minimum atomic E-state index is -0.350. The van der Waals surface area contributed by atoms with E-state index in [1.807, 2.05) is 0 Å². The standard InChI is InChI=1S/C22H42N2O4/c1-4-5-6-14-17-20(24-22(26)28-3)18-15-12-10-8-7-9-11-13-16-19-23-21(25)27-2/h12,15,20H,4-11,13-14,16-19H2,1-3H3,(H,23,25)(H,24,26)/b15-12-. The predicted octanol–water partition coefficient (Wildman–Crippen LogP) is 5.71. The molecule has 0 heterocycles. The van der Waals surface area contributed by atoms with Gasteiger partial charge >= 0.3 is 12.2 Å². The second-order valence-corrected chi connectivity index (χ2v) is 7.22. The third-order valence-electron chi connectivity index (χ3n) is 4.75. The quantitative estimate of drug-likeness (QED) is 0.243. The number of ether oxygens (including phenoxy) is 2.